The van der Waals surface area contributed by atoms with E-state index in [0.717, 1.165) is 0 Å². The molecule has 6 heteroatoms. The minimum atomic E-state index is -1.15. The molecule has 1 unspecified atom stereocenters. The maximum Gasteiger partial charge on any atom is 0.335 e. The first-order valence-corrected chi connectivity index (χ1v) is 4.67. The first-order chi connectivity index (χ1) is 8.06. The van der Waals surface area contributed by atoms with Gasteiger partial charge in [0.15, 0.2) is 6.04 Å². The fourth-order valence-electron chi connectivity index (χ4n) is 1.12. The summed E-state index contributed by atoms with van der Waals surface area (Å²) in [4.78, 5) is 21.3. The van der Waals surface area contributed by atoms with Gasteiger partial charge in [0.2, 0.25) is 0 Å². The summed E-state index contributed by atoms with van der Waals surface area (Å²) in [6, 6.07) is 4.79. The van der Waals surface area contributed by atoms with Crippen LogP contribution in [0.1, 0.15) is 5.56 Å². The Morgan fingerprint density at radius 1 is 1.59 bits per heavy atom. The molecule has 1 rings (SSSR count). The van der Waals surface area contributed by atoms with Gasteiger partial charge < -0.3 is 10.5 Å². The molecule has 0 saturated carbocycles. The molecule has 0 aliphatic carbocycles. The second kappa shape index (κ2) is 5.63. The van der Waals surface area contributed by atoms with Crippen LogP contribution in [-0.4, -0.2) is 16.9 Å². The maximum atomic E-state index is 11.2. The van der Waals surface area contributed by atoms with E-state index in [-0.39, 0.29) is 17.9 Å². The first-order valence-electron chi connectivity index (χ1n) is 4.67. The van der Waals surface area contributed by atoms with Gasteiger partial charge in [-0.25, -0.2) is 4.79 Å². The van der Waals surface area contributed by atoms with E-state index in [4.69, 9.17) is 16.9 Å². The van der Waals surface area contributed by atoms with E-state index in [2.05, 4.69) is 0 Å². The number of nitrogens with two attached hydrogens (primary N) is 1. The average molecular weight is 234 g/mol. The number of para-hydroxylation sites is 1. The molecule has 88 valence electrons. The van der Waals surface area contributed by atoms with Crippen LogP contribution in [-0.2, 0) is 16.1 Å². The fraction of sp³-hybridized carbons (Fsp3) is 0.182. The van der Waals surface area contributed by atoms with Crippen molar-refractivity contribution in [2.45, 2.75) is 12.6 Å². The summed E-state index contributed by atoms with van der Waals surface area (Å²) in [5.41, 5.74) is 5.40. The predicted molar refractivity (Wildman–Crippen MR) is 59.7 cm³/mol. The first kappa shape index (κ1) is 12.7. The van der Waals surface area contributed by atoms with Crippen LogP contribution in [0.25, 0.3) is 0 Å². The largest absolute Gasteiger partial charge is 0.459 e. The van der Waals surface area contributed by atoms with Crippen LogP contribution >= 0.6 is 0 Å². The summed E-state index contributed by atoms with van der Waals surface area (Å²) in [5.74, 6) is 1.22. The number of benzene rings is 1. The van der Waals surface area contributed by atoms with E-state index < -0.39 is 16.9 Å². The van der Waals surface area contributed by atoms with E-state index >= 15 is 0 Å². The maximum absolute atomic E-state index is 11.2. The normalized spacial score (nSPS) is 11.3. The van der Waals surface area contributed by atoms with Crippen LogP contribution in [0.15, 0.2) is 24.3 Å². The predicted octanol–water partition coefficient (Wildman–Crippen LogP) is 0.598. The number of nitro benzene ring substituents is 1. The second-order valence-corrected chi connectivity index (χ2v) is 3.14. The number of nitrogens with zero attached hydrogens (tertiary/aromatic N) is 1. The molecule has 1 atom stereocenters. The van der Waals surface area contributed by atoms with E-state index in [1.54, 1.807) is 6.07 Å². The summed E-state index contributed by atoms with van der Waals surface area (Å²) in [6.07, 6.45) is 4.94. The second-order valence-electron chi connectivity index (χ2n) is 3.14. The zero-order chi connectivity index (χ0) is 12.8. The molecule has 0 heterocycles. The monoisotopic (exact) mass is 234 g/mol. The molecule has 0 aliphatic heterocycles. The van der Waals surface area contributed by atoms with Gasteiger partial charge in [-0.3, -0.25) is 10.1 Å². The molecule has 6 nitrogen and oxygen atoms in total. The number of rotatable bonds is 4. The lowest BCUT2D eigenvalue weighted by molar-refractivity contribution is -0.385. The molecular formula is C11H10N2O4. The van der Waals surface area contributed by atoms with Crippen LogP contribution < -0.4 is 5.73 Å². The Morgan fingerprint density at radius 3 is 2.82 bits per heavy atom. The molecule has 0 amide bonds. The van der Waals surface area contributed by atoms with Crippen LogP contribution in [0.4, 0.5) is 5.69 Å². The van der Waals surface area contributed by atoms with Crippen molar-refractivity contribution in [3.63, 3.8) is 0 Å². The molecule has 0 bridgehead atoms. The summed E-state index contributed by atoms with van der Waals surface area (Å²) >= 11 is 0. The SMILES string of the molecule is C#CC(N)C(=O)OCc1ccccc1[N+](=O)[O-]. The number of carbonyl (C=O) groups is 1. The van der Waals surface area contributed by atoms with Crippen LogP contribution in [0, 0.1) is 22.5 Å². The fourth-order valence-corrected chi connectivity index (χ4v) is 1.12. The van der Waals surface area contributed by atoms with Gasteiger partial charge in [0.25, 0.3) is 5.69 Å². The molecule has 2 N–H and O–H groups in total. The number of hydrogen-bond donors (Lipinski definition) is 1. The van der Waals surface area contributed by atoms with Gasteiger partial charge in [0, 0.05) is 6.07 Å². The number of ether oxygens (including phenoxy) is 1. The van der Waals surface area contributed by atoms with Crippen LogP contribution in [0.2, 0.25) is 0 Å². The Balaban J connectivity index is 2.74. The Labute approximate surface area is 97.5 Å². The van der Waals surface area contributed by atoms with Gasteiger partial charge in [-0.05, 0) is 6.07 Å². The molecule has 17 heavy (non-hydrogen) atoms. The smallest absolute Gasteiger partial charge is 0.335 e. The van der Waals surface area contributed by atoms with Gasteiger partial charge in [-0.1, -0.05) is 18.1 Å². The minimum absolute atomic E-state index is 0.116. The average Bonchev–Trinajstić information content (AvgIpc) is 2.35. The minimum Gasteiger partial charge on any atom is -0.459 e. The third-order valence-corrected chi connectivity index (χ3v) is 1.99. The van der Waals surface area contributed by atoms with Gasteiger partial charge >= 0.3 is 5.97 Å². The van der Waals surface area contributed by atoms with Crippen molar-refractivity contribution in [1.82, 2.24) is 0 Å². The summed E-state index contributed by atoms with van der Waals surface area (Å²) in [7, 11) is 0. The molecule has 0 saturated heterocycles. The lowest BCUT2D eigenvalue weighted by Gasteiger charge is -2.06. The quantitative estimate of drug-likeness (QED) is 0.356. The molecule has 0 spiro atoms. The van der Waals surface area contributed by atoms with Crippen molar-refractivity contribution < 1.29 is 14.5 Å². The van der Waals surface area contributed by atoms with E-state index in [9.17, 15) is 14.9 Å². The number of terminal acetylenes is 1. The Kier molecular flexibility index (Phi) is 4.20. The van der Waals surface area contributed by atoms with Crippen molar-refractivity contribution in [2.75, 3.05) is 0 Å². The molecular weight excluding hydrogens is 224 g/mol. The highest BCUT2D eigenvalue weighted by atomic mass is 16.6. The molecule has 0 aliphatic rings. The third kappa shape index (κ3) is 3.29. The van der Waals surface area contributed by atoms with Crippen molar-refractivity contribution in [2.24, 2.45) is 5.73 Å². The Morgan fingerprint density at radius 2 is 2.24 bits per heavy atom. The third-order valence-electron chi connectivity index (χ3n) is 1.99. The van der Waals surface area contributed by atoms with Crippen LogP contribution in [0.3, 0.4) is 0 Å². The molecule has 1 aromatic rings. The van der Waals surface area contributed by atoms with Gasteiger partial charge in [-0.15, -0.1) is 6.42 Å². The van der Waals surface area contributed by atoms with Crippen molar-refractivity contribution in [3.8, 4) is 12.3 Å². The molecule has 0 fully saturated rings. The van der Waals surface area contributed by atoms with Crippen molar-refractivity contribution in [3.05, 3.63) is 39.9 Å². The zero-order valence-electron chi connectivity index (χ0n) is 8.83. The molecule has 0 radical (unpaired) electrons. The summed E-state index contributed by atoms with van der Waals surface area (Å²) in [5, 5.41) is 10.7. The van der Waals surface area contributed by atoms with E-state index in [1.807, 2.05) is 5.92 Å². The van der Waals surface area contributed by atoms with Crippen molar-refractivity contribution in [1.29, 1.82) is 0 Å². The van der Waals surface area contributed by atoms with E-state index in [0.29, 0.717) is 0 Å². The summed E-state index contributed by atoms with van der Waals surface area (Å²) in [6.45, 7) is -0.231. The summed E-state index contributed by atoms with van der Waals surface area (Å²) < 4.78 is 4.76. The van der Waals surface area contributed by atoms with Crippen molar-refractivity contribution >= 4 is 11.7 Å². The highest BCUT2D eigenvalue weighted by Crippen LogP contribution is 2.18. The number of esters is 1. The van der Waals surface area contributed by atoms with E-state index in [1.165, 1.54) is 18.2 Å². The molecule has 0 aromatic heterocycles. The highest BCUT2D eigenvalue weighted by Gasteiger charge is 2.16. The molecule has 1 aromatic carbocycles. The Hall–Kier alpha value is -2.39. The zero-order valence-corrected chi connectivity index (χ0v) is 8.83. The topological polar surface area (TPSA) is 95.5 Å². The number of carbonyl (C=O) groups excluding carboxylic acids is 1. The number of nitro groups is 1. The van der Waals surface area contributed by atoms with Gasteiger partial charge in [0.1, 0.15) is 6.61 Å². The van der Waals surface area contributed by atoms with Gasteiger partial charge in [-0.2, -0.15) is 0 Å². The van der Waals surface area contributed by atoms with Gasteiger partial charge in [0.05, 0.1) is 10.5 Å². The van der Waals surface area contributed by atoms with Crippen LogP contribution in [0.5, 0.6) is 0 Å². The number of hydrogen-bond acceptors (Lipinski definition) is 5. The highest BCUT2D eigenvalue weighted by molar-refractivity contribution is 5.79. The standard InChI is InChI=1S/C11H10N2O4/c1-2-9(12)11(14)17-7-8-5-3-4-6-10(8)13(15)16/h1,3-6,9H,7,12H2. The lowest BCUT2D eigenvalue weighted by atomic mass is 10.2. The Bertz CT molecular complexity index is 479. The lowest BCUT2D eigenvalue weighted by Crippen LogP contribution is -2.30.